The lowest BCUT2D eigenvalue weighted by atomic mass is 10.1. The Labute approximate surface area is 141 Å². The zero-order chi connectivity index (χ0) is 17.4. The van der Waals surface area contributed by atoms with Crippen LogP contribution in [0.3, 0.4) is 0 Å². The van der Waals surface area contributed by atoms with Gasteiger partial charge in [0.1, 0.15) is 18.2 Å². The number of nitrogens with one attached hydrogen (secondary N) is 1. The summed E-state index contributed by atoms with van der Waals surface area (Å²) in [7, 11) is -2.00. The van der Waals surface area contributed by atoms with Gasteiger partial charge in [-0.2, -0.15) is 0 Å². The summed E-state index contributed by atoms with van der Waals surface area (Å²) >= 11 is 0. The number of methoxy groups -OCH3 is 1. The van der Waals surface area contributed by atoms with E-state index in [1.807, 2.05) is 0 Å². The van der Waals surface area contributed by atoms with E-state index in [1.165, 1.54) is 24.3 Å². The molecule has 7 heteroatoms. The highest BCUT2D eigenvalue weighted by Crippen LogP contribution is 2.16. The van der Waals surface area contributed by atoms with Crippen LogP contribution < -0.4 is 9.46 Å². The summed E-state index contributed by atoms with van der Waals surface area (Å²) < 4.78 is 50.1. The van der Waals surface area contributed by atoms with Gasteiger partial charge in [-0.05, 0) is 48.4 Å². The number of benzene rings is 2. The van der Waals surface area contributed by atoms with Crippen molar-refractivity contribution in [3.05, 3.63) is 59.9 Å². The average molecular weight is 353 g/mol. The topological polar surface area (TPSA) is 64.6 Å². The Morgan fingerprint density at radius 3 is 2.29 bits per heavy atom. The third-order valence-electron chi connectivity index (χ3n) is 3.31. The van der Waals surface area contributed by atoms with E-state index in [1.54, 1.807) is 31.4 Å². The molecule has 24 heavy (non-hydrogen) atoms. The van der Waals surface area contributed by atoms with Crippen LogP contribution in [-0.2, 0) is 21.2 Å². The summed E-state index contributed by atoms with van der Waals surface area (Å²) in [6, 6.07) is 12.2. The first-order valence-electron chi connectivity index (χ1n) is 7.47. The summed E-state index contributed by atoms with van der Waals surface area (Å²) in [5.74, 6) is 0.268. The fourth-order valence-electron chi connectivity index (χ4n) is 2.02. The molecule has 0 radical (unpaired) electrons. The van der Waals surface area contributed by atoms with Crippen LogP contribution in [-0.4, -0.2) is 35.3 Å². The lowest BCUT2D eigenvalue weighted by Crippen LogP contribution is -2.26. The highest BCUT2D eigenvalue weighted by atomic mass is 32.2. The second-order valence-corrected chi connectivity index (χ2v) is 6.85. The first kappa shape index (κ1) is 18.4. The molecule has 0 unspecified atom stereocenters. The van der Waals surface area contributed by atoms with Gasteiger partial charge in [0.2, 0.25) is 10.0 Å². The van der Waals surface area contributed by atoms with Gasteiger partial charge in [0.15, 0.2) is 0 Å². The highest BCUT2D eigenvalue weighted by Gasteiger charge is 2.13. The van der Waals surface area contributed by atoms with E-state index < -0.39 is 10.0 Å². The van der Waals surface area contributed by atoms with Crippen LogP contribution in [0, 0.1) is 5.82 Å². The van der Waals surface area contributed by atoms with Gasteiger partial charge in [-0.15, -0.1) is 0 Å². The summed E-state index contributed by atoms with van der Waals surface area (Å²) in [5, 5.41) is 0. The minimum absolute atomic E-state index is 0.167. The largest absolute Gasteiger partial charge is 0.491 e. The predicted molar refractivity (Wildman–Crippen MR) is 89.1 cm³/mol. The Balaban J connectivity index is 1.88. The van der Waals surface area contributed by atoms with Crippen LogP contribution >= 0.6 is 0 Å². The number of hydrogen-bond donors (Lipinski definition) is 1. The molecule has 0 amide bonds. The van der Waals surface area contributed by atoms with Crippen molar-refractivity contribution in [2.75, 3.05) is 26.9 Å². The molecule has 2 rings (SSSR count). The van der Waals surface area contributed by atoms with Crippen LogP contribution in [0.1, 0.15) is 5.56 Å². The van der Waals surface area contributed by atoms with Gasteiger partial charge in [-0.1, -0.05) is 12.1 Å². The molecule has 0 atom stereocenters. The number of ether oxygens (including phenoxy) is 2. The van der Waals surface area contributed by atoms with Gasteiger partial charge in [0.25, 0.3) is 0 Å². The number of hydrogen-bond acceptors (Lipinski definition) is 4. The van der Waals surface area contributed by atoms with E-state index in [9.17, 15) is 12.8 Å². The van der Waals surface area contributed by atoms with Crippen molar-refractivity contribution in [3.63, 3.8) is 0 Å². The maximum absolute atomic E-state index is 12.8. The molecule has 0 bridgehead atoms. The molecular formula is C17H20FNO4S. The molecule has 0 aliphatic carbocycles. The van der Waals surface area contributed by atoms with E-state index in [0.29, 0.717) is 25.4 Å². The predicted octanol–water partition coefficient (Wildman–Crippen LogP) is 2.37. The maximum atomic E-state index is 12.8. The minimum atomic E-state index is -3.58. The van der Waals surface area contributed by atoms with E-state index in [2.05, 4.69) is 4.72 Å². The van der Waals surface area contributed by atoms with Crippen molar-refractivity contribution < 1.29 is 22.3 Å². The molecule has 0 fully saturated rings. The Kier molecular flexibility index (Phi) is 6.72. The summed E-state index contributed by atoms with van der Waals surface area (Å²) in [6.45, 7) is 1.10. The number of rotatable bonds is 9. The van der Waals surface area contributed by atoms with Gasteiger partial charge < -0.3 is 9.47 Å². The van der Waals surface area contributed by atoms with Crippen molar-refractivity contribution in [1.82, 2.24) is 4.72 Å². The lowest BCUT2D eigenvalue weighted by molar-refractivity contribution is 0.146. The first-order valence-corrected chi connectivity index (χ1v) is 8.95. The molecule has 0 saturated heterocycles. The van der Waals surface area contributed by atoms with E-state index >= 15 is 0 Å². The normalized spacial score (nSPS) is 11.4. The fraction of sp³-hybridized carbons (Fsp3) is 0.294. The smallest absolute Gasteiger partial charge is 0.240 e. The summed E-state index contributed by atoms with van der Waals surface area (Å²) in [5.41, 5.74) is 0.862. The second-order valence-electron chi connectivity index (χ2n) is 5.09. The van der Waals surface area contributed by atoms with Crippen LogP contribution in [0.15, 0.2) is 53.4 Å². The molecule has 0 aliphatic rings. The van der Waals surface area contributed by atoms with Crippen LogP contribution in [0.5, 0.6) is 5.75 Å². The standard InChI is InChI=1S/C17H20FNO4S/c1-22-12-13-23-16-6-8-17(9-7-16)24(20,21)19-11-10-14-2-4-15(18)5-3-14/h2-9,19H,10-13H2,1H3. The SMILES string of the molecule is COCCOc1ccc(S(=O)(=O)NCCc2ccc(F)cc2)cc1. The van der Waals surface area contributed by atoms with Crippen molar-refractivity contribution in [2.45, 2.75) is 11.3 Å². The summed E-state index contributed by atoms with van der Waals surface area (Å²) in [4.78, 5) is 0.167. The molecule has 0 aliphatic heterocycles. The molecule has 5 nitrogen and oxygen atoms in total. The molecule has 0 spiro atoms. The third-order valence-corrected chi connectivity index (χ3v) is 4.79. The molecule has 0 aromatic heterocycles. The molecule has 0 heterocycles. The average Bonchev–Trinajstić information content (AvgIpc) is 2.57. The number of halogens is 1. The van der Waals surface area contributed by atoms with Crippen LogP contribution in [0.2, 0.25) is 0 Å². The Morgan fingerprint density at radius 1 is 1.00 bits per heavy atom. The molecule has 130 valence electrons. The Morgan fingerprint density at radius 2 is 1.67 bits per heavy atom. The van der Waals surface area contributed by atoms with Crippen LogP contribution in [0.4, 0.5) is 4.39 Å². The molecule has 1 N–H and O–H groups in total. The maximum Gasteiger partial charge on any atom is 0.240 e. The molecule has 0 saturated carbocycles. The zero-order valence-electron chi connectivity index (χ0n) is 13.4. The van der Waals surface area contributed by atoms with Gasteiger partial charge in [-0.25, -0.2) is 17.5 Å². The van der Waals surface area contributed by atoms with Gasteiger partial charge in [-0.3, -0.25) is 0 Å². The summed E-state index contributed by atoms with van der Waals surface area (Å²) in [6.07, 6.45) is 0.484. The molecule has 2 aromatic rings. The molecular weight excluding hydrogens is 333 g/mol. The van der Waals surface area contributed by atoms with Gasteiger partial charge in [0, 0.05) is 13.7 Å². The quantitative estimate of drug-likeness (QED) is 0.703. The van der Waals surface area contributed by atoms with Gasteiger partial charge in [0.05, 0.1) is 11.5 Å². The Bertz CT molecular complexity index is 730. The van der Waals surface area contributed by atoms with Crippen molar-refractivity contribution in [2.24, 2.45) is 0 Å². The van der Waals surface area contributed by atoms with Crippen molar-refractivity contribution in [1.29, 1.82) is 0 Å². The van der Waals surface area contributed by atoms with Crippen molar-refractivity contribution in [3.8, 4) is 5.75 Å². The van der Waals surface area contributed by atoms with Crippen molar-refractivity contribution >= 4 is 10.0 Å². The van der Waals surface area contributed by atoms with Gasteiger partial charge >= 0.3 is 0 Å². The first-order chi connectivity index (χ1) is 11.5. The second kappa shape index (κ2) is 8.77. The molecule has 2 aromatic carbocycles. The number of sulfonamides is 1. The van der Waals surface area contributed by atoms with E-state index in [0.717, 1.165) is 5.56 Å². The van der Waals surface area contributed by atoms with E-state index in [4.69, 9.17) is 9.47 Å². The lowest BCUT2D eigenvalue weighted by Gasteiger charge is -2.09. The Hall–Kier alpha value is -1.96. The highest BCUT2D eigenvalue weighted by molar-refractivity contribution is 7.89. The minimum Gasteiger partial charge on any atom is -0.491 e. The zero-order valence-corrected chi connectivity index (χ0v) is 14.2. The van der Waals surface area contributed by atoms with Crippen LogP contribution in [0.25, 0.3) is 0 Å². The third kappa shape index (κ3) is 5.59. The van der Waals surface area contributed by atoms with E-state index in [-0.39, 0.29) is 17.3 Å². The fourth-order valence-corrected chi connectivity index (χ4v) is 3.05. The monoisotopic (exact) mass is 353 g/mol.